The van der Waals surface area contributed by atoms with Crippen molar-refractivity contribution in [2.75, 3.05) is 6.61 Å². The first-order valence-electron chi connectivity index (χ1n) is 15.4. The Kier molecular flexibility index (Phi) is 11.5. The molecule has 0 radical (unpaired) electrons. The third-order valence-electron chi connectivity index (χ3n) is 7.78. The lowest BCUT2D eigenvalue weighted by molar-refractivity contribution is -0.261. The van der Waals surface area contributed by atoms with E-state index in [9.17, 15) is 4.79 Å². The lowest BCUT2D eigenvalue weighted by Crippen LogP contribution is -2.63. The van der Waals surface area contributed by atoms with Gasteiger partial charge in [-0.05, 0) is 22.3 Å². The molecule has 1 fully saturated rings. The van der Waals surface area contributed by atoms with Crippen molar-refractivity contribution in [2.24, 2.45) is 0 Å². The van der Waals surface area contributed by atoms with Gasteiger partial charge in [-0.2, -0.15) is 0 Å². The molecule has 0 bridgehead atoms. The molecule has 1 aromatic heterocycles. The Balaban J connectivity index is 1.33. The first-order chi connectivity index (χ1) is 22.7. The zero-order valence-corrected chi connectivity index (χ0v) is 26.2. The number of carbonyl (C=O) groups excluding carboxylic acids is 1. The van der Waals surface area contributed by atoms with E-state index in [-0.39, 0.29) is 19.0 Å². The van der Waals surface area contributed by atoms with Crippen molar-refractivity contribution in [3.63, 3.8) is 0 Å². The van der Waals surface area contributed by atoms with Crippen LogP contribution in [0.25, 0.3) is 0 Å². The SMILES string of the molecule is O=C(c1nccs1)[C@@H]1O[C@H](COCc2ccccc2)[C@H](OCc2ccccc2)[C@H](OCc2ccccc2)[C@H]1OCc1ccccc1. The van der Waals surface area contributed by atoms with Gasteiger partial charge in [-0.1, -0.05) is 121 Å². The quantitative estimate of drug-likeness (QED) is 0.114. The van der Waals surface area contributed by atoms with Gasteiger partial charge < -0.3 is 23.7 Å². The Morgan fingerprint density at radius 1 is 0.609 bits per heavy atom. The Bertz CT molecular complexity index is 1590. The lowest BCUT2D eigenvalue weighted by atomic mass is 9.92. The maximum Gasteiger partial charge on any atom is 0.222 e. The summed E-state index contributed by atoms with van der Waals surface area (Å²) in [6.07, 6.45) is -2.06. The maximum atomic E-state index is 14.0. The van der Waals surface area contributed by atoms with Crippen molar-refractivity contribution < 1.29 is 28.5 Å². The van der Waals surface area contributed by atoms with Gasteiger partial charge in [0, 0.05) is 11.6 Å². The number of aromatic nitrogens is 1. The van der Waals surface area contributed by atoms with Gasteiger partial charge in [-0.3, -0.25) is 4.79 Å². The highest BCUT2D eigenvalue weighted by molar-refractivity contribution is 7.11. The fourth-order valence-electron chi connectivity index (χ4n) is 5.47. The number of benzene rings is 4. The molecule has 1 saturated heterocycles. The Hall–Kier alpha value is -4.02. The summed E-state index contributed by atoms with van der Waals surface area (Å²) in [4.78, 5) is 18.3. The Morgan fingerprint density at radius 3 is 1.54 bits per heavy atom. The molecule has 0 saturated carbocycles. The minimum absolute atomic E-state index is 0.187. The van der Waals surface area contributed by atoms with Gasteiger partial charge in [0.25, 0.3) is 0 Å². The highest BCUT2D eigenvalue weighted by Gasteiger charge is 2.51. The first kappa shape index (κ1) is 31.9. The van der Waals surface area contributed by atoms with Crippen molar-refractivity contribution in [3.05, 3.63) is 160 Å². The zero-order valence-electron chi connectivity index (χ0n) is 25.4. The van der Waals surface area contributed by atoms with E-state index in [1.807, 2.05) is 121 Å². The highest BCUT2D eigenvalue weighted by Crippen LogP contribution is 2.33. The van der Waals surface area contributed by atoms with Gasteiger partial charge in [-0.15, -0.1) is 11.3 Å². The second kappa shape index (κ2) is 16.5. The van der Waals surface area contributed by atoms with Crippen LogP contribution in [0.5, 0.6) is 0 Å². The number of Topliss-reactive ketones (excluding diaryl/α,β-unsaturated/α-hetero) is 1. The van der Waals surface area contributed by atoms with Gasteiger partial charge >= 0.3 is 0 Å². The molecule has 8 heteroatoms. The minimum Gasteiger partial charge on any atom is -0.374 e. The van der Waals surface area contributed by atoms with Crippen LogP contribution in [0.15, 0.2) is 133 Å². The number of rotatable bonds is 15. The zero-order chi connectivity index (χ0) is 31.4. The van der Waals surface area contributed by atoms with E-state index < -0.39 is 30.5 Å². The van der Waals surface area contributed by atoms with Crippen molar-refractivity contribution in [3.8, 4) is 0 Å². The number of carbonyl (C=O) groups is 1. The lowest BCUT2D eigenvalue weighted by Gasteiger charge is -2.45. The van der Waals surface area contributed by atoms with E-state index in [0.29, 0.717) is 24.8 Å². The molecule has 2 heterocycles. The fourth-order valence-corrected chi connectivity index (χ4v) is 6.07. The van der Waals surface area contributed by atoms with Crippen LogP contribution >= 0.6 is 11.3 Å². The van der Waals surface area contributed by atoms with Crippen LogP contribution in [-0.2, 0) is 50.1 Å². The molecule has 0 unspecified atom stereocenters. The topological polar surface area (TPSA) is 76.1 Å². The van der Waals surface area contributed by atoms with Crippen molar-refractivity contribution in [2.45, 2.75) is 56.9 Å². The fraction of sp³-hybridized carbons (Fsp3) is 0.263. The molecule has 0 aliphatic carbocycles. The largest absolute Gasteiger partial charge is 0.374 e. The third kappa shape index (κ3) is 8.61. The molecule has 236 valence electrons. The summed E-state index contributed by atoms with van der Waals surface area (Å²) < 4.78 is 32.8. The molecular weight excluding hydrogens is 598 g/mol. The van der Waals surface area contributed by atoms with E-state index in [0.717, 1.165) is 22.3 Å². The monoisotopic (exact) mass is 635 g/mol. The van der Waals surface area contributed by atoms with Gasteiger partial charge in [0.15, 0.2) is 11.1 Å². The van der Waals surface area contributed by atoms with E-state index in [1.165, 1.54) is 11.3 Å². The van der Waals surface area contributed by atoms with Gasteiger partial charge in [-0.25, -0.2) is 4.98 Å². The van der Waals surface area contributed by atoms with E-state index in [4.69, 9.17) is 23.7 Å². The van der Waals surface area contributed by atoms with Crippen LogP contribution in [0.2, 0.25) is 0 Å². The molecule has 0 N–H and O–H groups in total. The third-order valence-corrected chi connectivity index (χ3v) is 8.57. The van der Waals surface area contributed by atoms with Crippen molar-refractivity contribution in [1.29, 1.82) is 0 Å². The minimum atomic E-state index is -0.988. The van der Waals surface area contributed by atoms with Gasteiger partial charge in [0.2, 0.25) is 5.78 Å². The summed E-state index contributed by atoms with van der Waals surface area (Å²) in [5.41, 5.74) is 4.02. The van der Waals surface area contributed by atoms with Crippen LogP contribution in [0.4, 0.5) is 0 Å². The van der Waals surface area contributed by atoms with Gasteiger partial charge in [0.1, 0.15) is 24.4 Å². The molecule has 1 aliphatic rings. The average Bonchev–Trinajstić information content (AvgIpc) is 3.66. The number of ether oxygens (including phenoxy) is 5. The molecule has 7 nitrogen and oxygen atoms in total. The molecule has 46 heavy (non-hydrogen) atoms. The molecule has 0 amide bonds. The highest BCUT2D eigenvalue weighted by atomic mass is 32.1. The van der Waals surface area contributed by atoms with Crippen LogP contribution in [0.3, 0.4) is 0 Å². The smallest absolute Gasteiger partial charge is 0.222 e. The van der Waals surface area contributed by atoms with E-state index in [2.05, 4.69) is 4.98 Å². The van der Waals surface area contributed by atoms with Crippen LogP contribution in [0.1, 0.15) is 32.1 Å². The summed E-state index contributed by atoms with van der Waals surface area (Å²) in [5, 5.41) is 2.14. The number of ketones is 1. The molecule has 5 aromatic rings. The van der Waals surface area contributed by atoms with Gasteiger partial charge in [0.05, 0.1) is 33.0 Å². The molecular formula is C38H37NO6S. The Morgan fingerprint density at radius 2 is 1.07 bits per heavy atom. The van der Waals surface area contributed by atoms with Crippen LogP contribution < -0.4 is 0 Å². The summed E-state index contributed by atoms with van der Waals surface area (Å²) in [7, 11) is 0. The summed E-state index contributed by atoms with van der Waals surface area (Å²) in [5.74, 6) is -0.254. The standard InChI is InChI=1S/C38H37NO6S/c40-33(38-39-21-22-46-38)35-37(44-26-31-19-11-4-12-20-31)36(43-25-30-17-9-3-10-18-30)34(42-24-29-15-7-2-8-16-29)32(45-35)27-41-23-28-13-5-1-6-14-28/h1-22,32,34-37H,23-27H2/t32-,34+,35+,36+,37+/m1/s1. The summed E-state index contributed by atoms with van der Waals surface area (Å²) in [6.45, 7) is 1.47. The predicted octanol–water partition coefficient (Wildman–Crippen LogP) is 7.07. The molecule has 5 atom stereocenters. The number of hydrogen-bond acceptors (Lipinski definition) is 8. The first-order valence-corrected chi connectivity index (χ1v) is 16.3. The maximum absolute atomic E-state index is 14.0. The summed E-state index contributed by atoms with van der Waals surface area (Å²) >= 11 is 1.28. The summed E-state index contributed by atoms with van der Waals surface area (Å²) in [6, 6.07) is 39.7. The Labute approximate surface area is 273 Å². The predicted molar refractivity (Wildman–Crippen MR) is 176 cm³/mol. The number of nitrogens with zero attached hydrogens (tertiary/aromatic N) is 1. The van der Waals surface area contributed by atoms with E-state index in [1.54, 1.807) is 11.6 Å². The van der Waals surface area contributed by atoms with Crippen molar-refractivity contribution in [1.82, 2.24) is 4.98 Å². The molecule has 4 aromatic carbocycles. The van der Waals surface area contributed by atoms with Crippen LogP contribution in [-0.4, -0.2) is 47.9 Å². The van der Waals surface area contributed by atoms with E-state index >= 15 is 0 Å². The molecule has 0 spiro atoms. The number of thiazole rings is 1. The van der Waals surface area contributed by atoms with Crippen molar-refractivity contribution >= 4 is 17.1 Å². The number of hydrogen-bond donors (Lipinski definition) is 0. The molecule has 6 rings (SSSR count). The molecule has 1 aliphatic heterocycles. The normalized spacial score (nSPS) is 21.2. The van der Waals surface area contributed by atoms with Crippen LogP contribution in [0, 0.1) is 0 Å². The second-order valence-corrected chi connectivity index (χ2v) is 12.0. The average molecular weight is 636 g/mol. The second-order valence-electron chi connectivity index (χ2n) is 11.1.